The van der Waals surface area contributed by atoms with E-state index in [9.17, 15) is 5.11 Å². The van der Waals surface area contributed by atoms with Gasteiger partial charge in [-0.3, -0.25) is 0 Å². The lowest BCUT2D eigenvalue weighted by Crippen LogP contribution is -2.15. The number of aliphatic hydroxyl groups excluding tert-OH is 1. The molecule has 5 nitrogen and oxygen atoms in total. The maximum Gasteiger partial charge on any atom is 0.243 e. The van der Waals surface area contributed by atoms with Gasteiger partial charge in [0.05, 0.1) is 12.1 Å². The van der Waals surface area contributed by atoms with Crippen LogP contribution in [0.1, 0.15) is 51.4 Å². The molecule has 0 spiro atoms. The molecule has 1 saturated heterocycles. The predicted octanol–water partition coefficient (Wildman–Crippen LogP) is 1.44. The quantitative estimate of drug-likeness (QED) is 0.835. The van der Waals surface area contributed by atoms with Gasteiger partial charge in [0.1, 0.15) is 0 Å². The SMILES string of the molecule is CC(C)(C)CCc1noc([C@@H]2C[C@@H](O)CN2)n1. The van der Waals surface area contributed by atoms with E-state index < -0.39 is 0 Å². The van der Waals surface area contributed by atoms with Crippen molar-refractivity contribution >= 4 is 0 Å². The summed E-state index contributed by atoms with van der Waals surface area (Å²) in [5, 5.41) is 16.6. The van der Waals surface area contributed by atoms with E-state index in [2.05, 4.69) is 36.2 Å². The second-order valence-electron chi connectivity index (χ2n) is 5.96. The molecular formula is C12H21N3O2. The molecular weight excluding hydrogens is 218 g/mol. The van der Waals surface area contributed by atoms with Crippen molar-refractivity contribution in [3.63, 3.8) is 0 Å². The highest BCUT2D eigenvalue weighted by Crippen LogP contribution is 2.24. The zero-order chi connectivity index (χ0) is 12.5. The minimum atomic E-state index is -0.301. The Morgan fingerprint density at radius 3 is 2.82 bits per heavy atom. The van der Waals surface area contributed by atoms with Crippen LogP contribution in [0.5, 0.6) is 0 Å². The van der Waals surface area contributed by atoms with Gasteiger partial charge >= 0.3 is 0 Å². The standard InChI is InChI=1S/C12H21N3O2/c1-12(2,3)5-4-10-14-11(17-15-10)9-6-8(16)7-13-9/h8-9,13,16H,4-7H2,1-3H3/t8-,9+/m1/s1. The number of β-amino-alcohol motifs (C(OH)–C–C–N with tert-alkyl or cyclic N) is 1. The molecule has 1 aliphatic rings. The lowest BCUT2D eigenvalue weighted by Gasteiger charge is -2.15. The fourth-order valence-corrected chi connectivity index (χ4v) is 1.90. The maximum atomic E-state index is 9.43. The van der Waals surface area contributed by atoms with Gasteiger partial charge < -0.3 is 14.9 Å². The number of nitrogens with zero attached hydrogens (tertiary/aromatic N) is 2. The maximum absolute atomic E-state index is 9.43. The fraction of sp³-hybridized carbons (Fsp3) is 0.833. The Balaban J connectivity index is 1.92. The summed E-state index contributed by atoms with van der Waals surface area (Å²) in [6, 6.07) is 0.0147. The molecule has 96 valence electrons. The molecule has 5 heteroatoms. The molecule has 17 heavy (non-hydrogen) atoms. The predicted molar refractivity (Wildman–Crippen MR) is 63.4 cm³/mol. The summed E-state index contributed by atoms with van der Waals surface area (Å²) in [4.78, 5) is 4.38. The lowest BCUT2D eigenvalue weighted by molar-refractivity contribution is 0.191. The van der Waals surface area contributed by atoms with Gasteiger partial charge in [-0.1, -0.05) is 25.9 Å². The van der Waals surface area contributed by atoms with Crippen LogP contribution in [0.4, 0.5) is 0 Å². The third kappa shape index (κ3) is 3.51. The molecule has 2 N–H and O–H groups in total. The van der Waals surface area contributed by atoms with Gasteiger partial charge in [-0.15, -0.1) is 0 Å². The molecule has 1 aliphatic heterocycles. The topological polar surface area (TPSA) is 71.2 Å². The number of aliphatic hydroxyl groups is 1. The van der Waals surface area contributed by atoms with Crippen molar-refractivity contribution in [1.29, 1.82) is 0 Å². The second kappa shape index (κ2) is 4.74. The third-order valence-corrected chi connectivity index (χ3v) is 2.99. The second-order valence-corrected chi connectivity index (χ2v) is 5.96. The summed E-state index contributed by atoms with van der Waals surface area (Å²) in [7, 11) is 0. The van der Waals surface area contributed by atoms with Gasteiger partial charge in [0.25, 0.3) is 0 Å². The van der Waals surface area contributed by atoms with E-state index >= 15 is 0 Å². The molecule has 1 aromatic rings. The Hall–Kier alpha value is -0.940. The van der Waals surface area contributed by atoms with Crippen LogP contribution in [0.2, 0.25) is 0 Å². The van der Waals surface area contributed by atoms with Crippen molar-refractivity contribution in [1.82, 2.24) is 15.5 Å². The van der Waals surface area contributed by atoms with Crippen LogP contribution < -0.4 is 5.32 Å². The minimum absolute atomic E-state index is 0.0147. The smallest absolute Gasteiger partial charge is 0.243 e. The zero-order valence-corrected chi connectivity index (χ0v) is 10.7. The highest BCUT2D eigenvalue weighted by molar-refractivity contribution is 4.97. The molecule has 1 fully saturated rings. The van der Waals surface area contributed by atoms with Crippen LogP contribution >= 0.6 is 0 Å². The molecule has 0 saturated carbocycles. The zero-order valence-electron chi connectivity index (χ0n) is 10.7. The Morgan fingerprint density at radius 2 is 2.24 bits per heavy atom. The highest BCUT2D eigenvalue weighted by Gasteiger charge is 2.28. The highest BCUT2D eigenvalue weighted by atomic mass is 16.5. The summed E-state index contributed by atoms with van der Waals surface area (Å²) in [5.41, 5.74) is 0.280. The Kier molecular flexibility index (Phi) is 3.49. The van der Waals surface area contributed by atoms with Crippen molar-refractivity contribution < 1.29 is 9.63 Å². The summed E-state index contributed by atoms with van der Waals surface area (Å²) >= 11 is 0. The first-order chi connectivity index (χ1) is 7.94. The molecule has 0 radical (unpaired) electrons. The van der Waals surface area contributed by atoms with Crippen LogP contribution in [0, 0.1) is 5.41 Å². The van der Waals surface area contributed by atoms with Gasteiger partial charge in [-0.2, -0.15) is 4.98 Å². The summed E-state index contributed by atoms with van der Waals surface area (Å²) in [5.74, 6) is 1.36. The number of aryl methyl sites for hydroxylation is 1. The molecule has 0 bridgehead atoms. The average molecular weight is 239 g/mol. The van der Waals surface area contributed by atoms with Crippen LogP contribution in [0.15, 0.2) is 4.52 Å². The number of hydrogen-bond donors (Lipinski definition) is 2. The average Bonchev–Trinajstić information content (AvgIpc) is 2.81. The number of hydrogen-bond acceptors (Lipinski definition) is 5. The molecule has 1 aromatic heterocycles. The van der Waals surface area contributed by atoms with Crippen molar-refractivity contribution in [2.75, 3.05) is 6.54 Å². The Morgan fingerprint density at radius 1 is 1.47 bits per heavy atom. The molecule has 2 rings (SSSR count). The van der Waals surface area contributed by atoms with Gasteiger partial charge in [-0.05, 0) is 18.3 Å². The lowest BCUT2D eigenvalue weighted by atomic mass is 9.90. The summed E-state index contributed by atoms with van der Waals surface area (Å²) in [6.45, 7) is 7.19. The van der Waals surface area contributed by atoms with Crippen molar-refractivity contribution in [3.05, 3.63) is 11.7 Å². The molecule has 2 atom stereocenters. The monoisotopic (exact) mass is 239 g/mol. The van der Waals surface area contributed by atoms with Crippen LogP contribution in [-0.4, -0.2) is 27.9 Å². The van der Waals surface area contributed by atoms with E-state index in [-0.39, 0.29) is 17.6 Å². The summed E-state index contributed by atoms with van der Waals surface area (Å²) < 4.78 is 5.23. The van der Waals surface area contributed by atoms with E-state index in [1.165, 1.54) is 0 Å². The number of rotatable bonds is 3. The van der Waals surface area contributed by atoms with Gasteiger partial charge in [0.15, 0.2) is 5.82 Å². The van der Waals surface area contributed by atoms with E-state index in [0.717, 1.165) is 18.7 Å². The van der Waals surface area contributed by atoms with Crippen molar-refractivity contribution in [3.8, 4) is 0 Å². The Bertz CT molecular complexity index is 370. The Labute approximate surface area is 102 Å². The van der Waals surface area contributed by atoms with Crippen molar-refractivity contribution in [2.24, 2.45) is 5.41 Å². The first-order valence-electron chi connectivity index (χ1n) is 6.18. The first kappa shape index (κ1) is 12.5. The van der Waals surface area contributed by atoms with Crippen molar-refractivity contribution in [2.45, 2.75) is 52.2 Å². The van der Waals surface area contributed by atoms with E-state index in [1.807, 2.05) is 0 Å². The van der Waals surface area contributed by atoms with E-state index in [0.29, 0.717) is 18.9 Å². The number of aromatic nitrogens is 2. The molecule has 0 aromatic carbocycles. The molecule has 0 amide bonds. The van der Waals surface area contributed by atoms with Crippen LogP contribution in [-0.2, 0) is 6.42 Å². The molecule has 0 unspecified atom stereocenters. The van der Waals surface area contributed by atoms with E-state index in [4.69, 9.17) is 4.52 Å². The largest absolute Gasteiger partial charge is 0.392 e. The normalized spacial score (nSPS) is 25.4. The fourth-order valence-electron chi connectivity index (χ4n) is 1.90. The van der Waals surface area contributed by atoms with E-state index in [1.54, 1.807) is 0 Å². The summed E-state index contributed by atoms with van der Waals surface area (Å²) in [6.07, 6.45) is 2.22. The minimum Gasteiger partial charge on any atom is -0.392 e. The molecule has 0 aliphatic carbocycles. The number of nitrogens with one attached hydrogen (secondary N) is 1. The third-order valence-electron chi connectivity index (χ3n) is 2.99. The van der Waals surface area contributed by atoms with Crippen LogP contribution in [0.25, 0.3) is 0 Å². The van der Waals surface area contributed by atoms with Gasteiger partial charge in [-0.25, -0.2) is 0 Å². The first-order valence-corrected chi connectivity index (χ1v) is 6.18. The molecule has 2 heterocycles. The van der Waals surface area contributed by atoms with Gasteiger partial charge in [0, 0.05) is 13.0 Å². The van der Waals surface area contributed by atoms with Gasteiger partial charge in [0.2, 0.25) is 5.89 Å². The van der Waals surface area contributed by atoms with Crippen LogP contribution in [0.3, 0.4) is 0 Å².